The maximum Gasteiger partial charge on any atom is 0.319 e. The van der Waals surface area contributed by atoms with Crippen LogP contribution in [-0.2, 0) is 4.74 Å². The Hall–Kier alpha value is -2.05. The lowest BCUT2D eigenvalue weighted by Gasteiger charge is -2.15. The van der Waals surface area contributed by atoms with E-state index < -0.39 is 0 Å². The standard InChI is InChI=1S/C16H20N2O3S/c1-11-7-8-15(22-11)14(21-3)10-17-16(19)18-12-5-4-6-13(9-12)20-2/h4-9,14H,10H2,1-3H3,(H2,17,18,19). The number of carbonyl (C=O) groups excluding carboxylic acids is 1. The first-order valence-corrected chi connectivity index (χ1v) is 7.72. The number of hydrogen-bond donors (Lipinski definition) is 2. The Morgan fingerprint density at radius 3 is 2.73 bits per heavy atom. The Kier molecular flexibility index (Phi) is 5.80. The first-order chi connectivity index (χ1) is 10.6. The molecular formula is C16H20N2O3S. The van der Waals surface area contributed by atoms with Crippen LogP contribution in [0.1, 0.15) is 15.9 Å². The molecule has 1 atom stereocenters. The van der Waals surface area contributed by atoms with Gasteiger partial charge in [-0.3, -0.25) is 0 Å². The average Bonchev–Trinajstić information content (AvgIpc) is 2.94. The molecule has 1 aromatic carbocycles. The van der Waals surface area contributed by atoms with E-state index in [4.69, 9.17) is 9.47 Å². The van der Waals surface area contributed by atoms with Crippen LogP contribution in [0.25, 0.3) is 0 Å². The lowest BCUT2D eigenvalue weighted by Crippen LogP contribution is -2.32. The molecular weight excluding hydrogens is 300 g/mol. The quantitative estimate of drug-likeness (QED) is 0.855. The highest BCUT2D eigenvalue weighted by molar-refractivity contribution is 7.12. The van der Waals surface area contributed by atoms with E-state index in [0.717, 1.165) is 4.88 Å². The third-order valence-corrected chi connectivity index (χ3v) is 4.23. The highest BCUT2D eigenvalue weighted by atomic mass is 32.1. The van der Waals surface area contributed by atoms with E-state index in [-0.39, 0.29) is 12.1 Å². The Morgan fingerprint density at radius 2 is 2.09 bits per heavy atom. The normalized spacial score (nSPS) is 11.8. The Labute approximate surface area is 134 Å². The maximum atomic E-state index is 12.0. The van der Waals surface area contributed by atoms with Gasteiger partial charge in [0.05, 0.1) is 13.7 Å². The summed E-state index contributed by atoms with van der Waals surface area (Å²) in [5, 5.41) is 5.59. The molecule has 0 saturated heterocycles. The maximum absolute atomic E-state index is 12.0. The van der Waals surface area contributed by atoms with Gasteiger partial charge in [0.25, 0.3) is 0 Å². The van der Waals surface area contributed by atoms with Crippen molar-refractivity contribution in [2.45, 2.75) is 13.0 Å². The van der Waals surface area contributed by atoms with Gasteiger partial charge in [-0.15, -0.1) is 11.3 Å². The minimum absolute atomic E-state index is 0.144. The molecule has 2 rings (SSSR count). The van der Waals surface area contributed by atoms with E-state index in [1.807, 2.05) is 31.2 Å². The van der Waals surface area contributed by atoms with E-state index in [9.17, 15) is 4.79 Å². The van der Waals surface area contributed by atoms with E-state index in [1.54, 1.807) is 37.7 Å². The zero-order valence-electron chi connectivity index (χ0n) is 12.9. The summed E-state index contributed by atoms with van der Waals surface area (Å²) in [5.41, 5.74) is 0.679. The smallest absolute Gasteiger partial charge is 0.319 e. The number of urea groups is 1. The van der Waals surface area contributed by atoms with E-state index >= 15 is 0 Å². The molecule has 6 heteroatoms. The Balaban J connectivity index is 1.88. The van der Waals surface area contributed by atoms with Gasteiger partial charge in [-0.25, -0.2) is 4.79 Å². The molecule has 1 unspecified atom stereocenters. The average molecular weight is 320 g/mol. The number of hydrogen-bond acceptors (Lipinski definition) is 4. The van der Waals surface area contributed by atoms with Crippen molar-refractivity contribution in [2.24, 2.45) is 0 Å². The van der Waals surface area contributed by atoms with Crippen molar-refractivity contribution < 1.29 is 14.3 Å². The van der Waals surface area contributed by atoms with Crippen molar-refractivity contribution in [1.82, 2.24) is 5.32 Å². The summed E-state index contributed by atoms with van der Waals surface area (Å²) in [7, 11) is 3.23. The molecule has 1 heterocycles. The monoisotopic (exact) mass is 320 g/mol. The van der Waals surface area contributed by atoms with Crippen molar-refractivity contribution in [2.75, 3.05) is 26.1 Å². The molecule has 0 radical (unpaired) electrons. The van der Waals surface area contributed by atoms with Crippen LogP contribution in [0.15, 0.2) is 36.4 Å². The second-order valence-corrected chi connectivity index (χ2v) is 6.06. The van der Waals surface area contributed by atoms with Crippen molar-refractivity contribution in [3.05, 3.63) is 46.2 Å². The third kappa shape index (κ3) is 4.47. The fourth-order valence-electron chi connectivity index (χ4n) is 1.99. The fourth-order valence-corrected chi connectivity index (χ4v) is 2.94. The molecule has 0 aliphatic carbocycles. The van der Waals surface area contributed by atoms with Gasteiger partial charge in [-0.1, -0.05) is 6.07 Å². The van der Waals surface area contributed by atoms with Crippen LogP contribution in [0.3, 0.4) is 0 Å². The lowest BCUT2D eigenvalue weighted by atomic mass is 10.3. The van der Waals surface area contributed by atoms with Crippen molar-refractivity contribution >= 4 is 23.1 Å². The summed E-state index contributed by atoms with van der Waals surface area (Å²) in [4.78, 5) is 14.3. The summed E-state index contributed by atoms with van der Waals surface area (Å²) in [5.74, 6) is 0.696. The van der Waals surface area contributed by atoms with Crippen LogP contribution in [0, 0.1) is 6.92 Å². The number of nitrogens with one attached hydrogen (secondary N) is 2. The van der Waals surface area contributed by atoms with Gasteiger partial charge in [-0.2, -0.15) is 0 Å². The molecule has 118 valence electrons. The molecule has 0 fully saturated rings. The van der Waals surface area contributed by atoms with Gasteiger partial charge in [0.15, 0.2) is 0 Å². The number of methoxy groups -OCH3 is 2. The van der Waals surface area contributed by atoms with Crippen LogP contribution < -0.4 is 15.4 Å². The highest BCUT2D eigenvalue weighted by Gasteiger charge is 2.14. The van der Waals surface area contributed by atoms with Crippen molar-refractivity contribution in [1.29, 1.82) is 0 Å². The van der Waals surface area contributed by atoms with Gasteiger partial charge in [0.2, 0.25) is 0 Å². The van der Waals surface area contributed by atoms with Crippen LogP contribution in [-0.4, -0.2) is 26.8 Å². The van der Waals surface area contributed by atoms with Gasteiger partial charge in [0.1, 0.15) is 11.9 Å². The van der Waals surface area contributed by atoms with Gasteiger partial charge in [0, 0.05) is 28.6 Å². The molecule has 1 aromatic heterocycles. The summed E-state index contributed by atoms with van der Waals surface area (Å²) < 4.78 is 10.6. The summed E-state index contributed by atoms with van der Waals surface area (Å²) in [6, 6.07) is 11.0. The van der Waals surface area contributed by atoms with E-state index in [0.29, 0.717) is 18.0 Å². The summed E-state index contributed by atoms with van der Waals surface area (Å²) in [6.07, 6.45) is -0.144. The number of amides is 2. The van der Waals surface area contributed by atoms with Gasteiger partial charge >= 0.3 is 6.03 Å². The molecule has 5 nitrogen and oxygen atoms in total. The summed E-state index contributed by atoms with van der Waals surface area (Å²) in [6.45, 7) is 2.45. The predicted molar refractivity (Wildman–Crippen MR) is 88.8 cm³/mol. The van der Waals surface area contributed by atoms with Crippen LogP contribution in [0.4, 0.5) is 10.5 Å². The number of aryl methyl sites for hydroxylation is 1. The Bertz CT molecular complexity index is 627. The molecule has 0 bridgehead atoms. The number of rotatable bonds is 6. The van der Waals surface area contributed by atoms with Crippen LogP contribution in [0.5, 0.6) is 5.75 Å². The van der Waals surface area contributed by atoms with Crippen molar-refractivity contribution in [3.63, 3.8) is 0 Å². The molecule has 0 saturated carbocycles. The van der Waals surface area contributed by atoms with E-state index in [1.165, 1.54) is 4.88 Å². The minimum Gasteiger partial charge on any atom is -0.497 e. The summed E-state index contributed by atoms with van der Waals surface area (Å²) >= 11 is 1.67. The second-order valence-electron chi connectivity index (χ2n) is 4.74. The predicted octanol–water partition coefficient (Wildman–Crippen LogP) is 3.57. The zero-order valence-corrected chi connectivity index (χ0v) is 13.7. The van der Waals surface area contributed by atoms with Gasteiger partial charge < -0.3 is 20.1 Å². The number of thiophene rings is 1. The Morgan fingerprint density at radius 1 is 1.27 bits per heavy atom. The molecule has 22 heavy (non-hydrogen) atoms. The molecule has 2 aromatic rings. The SMILES string of the molecule is COc1cccc(NC(=O)NCC(OC)c2ccc(C)s2)c1. The van der Waals surface area contributed by atoms with Crippen molar-refractivity contribution in [3.8, 4) is 5.75 Å². The minimum atomic E-state index is -0.274. The first-order valence-electron chi connectivity index (χ1n) is 6.90. The molecule has 2 N–H and O–H groups in total. The first kappa shape index (κ1) is 16.3. The third-order valence-electron chi connectivity index (χ3n) is 3.14. The topological polar surface area (TPSA) is 59.6 Å². The molecule has 2 amide bonds. The lowest BCUT2D eigenvalue weighted by molar-refractivity contribution is 0.107. The molecule has 0 aliphatic heterocycles. The van der Waals surface area contributed by atoms with Gasteiger partial charge in [-0.05, 0) is 31.2 Å². The van der Waals surface area contributed by atoms with Crippen LogP contribution >= 0.6 is 11.3 Å². The number of carbonyl (C=O) groups is 1. The molecule has 0 spiro atoms. The number of anilines is 1. The highest BCUT2D eigenvalue weighted by Crippen LogP contribution is 2.24. The zero-order chi connectivity index (χ0) is 15.9. The van der Waals surface area contributed by atoms with E-state index in [2.05, 4.69) is 10.6 Å². The van der Waals surface area contributed by atoms with Crippen LogP contribution in [0.2, 0.25) is 0 Å². The number of benzene rings is 1. The number of ether oxygens (including phenoxy) is 2. The second kappa shape index (κ2) is 7.82. The fraction of sp³-hybridized carbons (Fsp3) is 0.312. The largest absolute Gasteiger partial charge is 0.497 e. The molecule has 0 aliphatic rings.